The van der Waals surface area contributed by atoms with E-state index in [-0.39, 0.29) is 6.10 Å². The van der Waals surface area contributed by atoms with E-state index in [0.29, 0.717) is 5.92 Å². The lowest BCUT2D eigenvalue weighted by Gasteiger charge is -2.30. The van der Waals surface area contributed by atoms with E-state index in [1.165, 1.54) is 10.4 Å². The molecule has 3 rings (SSSR count). The van der Waals surface area contributed by atoms with Gasteiger partial charge in [-0.2, -0.15) is 0 Å². The molecule has 18 heavy (non-hydrogen) atoms. The SMILES string of the molecule is OC1c2ccccc2CCC1CCc1cccs1. The number of benzene rings is 1. The number of hydrogen-bond donors (Lipinski definition) is 1. The summed E-state index contributed by atoms with van der Waals surface area (Å²) in [5.41, 5.74) is 2.48. The second-order valence-corrected chi connectivity index (χ2v) is 6.09. The molecule has 2 aromatic rings. The molecule has 94 valence electrons. The van der Waals surface area contributed by atoms with Crippen LogP contribution in [0.3, 0.4) is 0 Å². The summed E-state index contributed by atoms with van der Waals surface area (Å²) < 4.78 is 0. The fourth-order valence-electron chi connectivity index (χ4n) is 2.89. The van der Waals surface area contributed by atoms with Crippen molar-refractivity contribution in [1.82, 2.24) is 0 Å². The molecule has 0 spiro atoms. The lowest BCUT2D eigenvalue weighted by atomic mass is 9.79. The van der Waals surface area contributed by atoms with Crippen LogP contribution in [0.1, 0.15) is 34.9 Å². The molecule has 0 saturated heterocycles. The molecule has 2 heteroatoms. The zero-order valence-electron chi connectivity index (χ0n) is 10.4. The average molecular weight is 258 g/mol. The predicted octanol–water partition coefficient (Wildman–Crippen LogP) is 3.98. The maximum absolute atomic E-state index is 10.5. The van der Waals surface area contributed by atoms with Crippen LogP contribution in [0, 0.1) is 5.92 Å². The van der Waals surface area contributed by atoms with Gasteiger partial charge in [0.05, 0.1) is 6.10 Å². The second-order valence-electron chi connectivity index (χ2n) is 5.06. The van der Waals surface area contributed by atoms with Gasteiger partial charge >= 0.3 is 0 Å². The number of aliphatic hydroxyl groups excluding tert-OH is 1. The van der Waals surface area contributed by atoms with Gasteiger partial charge in [-0.25, -0.2) is 0 Å². The molecule has 0 saturated carbocycles. The number of fused-ring (bicyclic) bond motifs is 1. The summed E-state index contributed by atoms with van der Waals surface area (Å²) in [4.78, 5) is 1.43. The second kappa shape index (κ2) is 5.25. The van der Waals surface area contributed by atoms with Crippen molar-refractivity contribution in [3.05, 3.63) is 57.8 Å². The van der Waals surface area contributed by atoms with Gasteiger partial charge in [0.2, 0.25) is 0 Å². The Kier molecular flexibility index (Phi) is 3.48. The van der Waals surface area contributed by atoms with E-state index in [1.807, 2.05) is 17.4 Å². The molecular formula is C16H18OS. The molecule has 0 amide bonds. The third-order valence-corrected chi connectivity index (χ3v) is 4.88. The summed E-state index contributed by atoms with van der Waals surface area (Å²) >= 11 is 1.82. The standard InChI is InChI=1S/C16H18OS/c17-16-13(9-10-14-5-3-11-18-14)8-7-12-4-1-2-6-15(12)16/h1-6,11,13,16-17H,7-10H2. The third kappa shape index (κ3) is 2.36. The first-order chi connectivity index (χ1) is 8.84. The Morgan fingerprint density at radius 1 is 1.17 bits per heavy atom. The Morgan fingerprint density at radius 3 is 2.89 bits per heavy atom. The largest absolute Gasteiger partial charge is 0.388 e. The summed E-state index contributed by atoms with van der Waals surface area (Å²) in [6.45, 7) is 0. The van der Waals surface area contributed by atoms with E-state index < -0.39 is 0 Å². The molecule has 0 aliphatic heterocycles. The average Bonchev–Trinajstić information content (AvgIpc) is 2.91. The van der Waals surface area contributed by atoms with Gasteiger partial charge in [0.25, 0.3) is 0 Å². The molecular weight excluding hydrogens is 240 g/mol. The van der Waals surface area contributed by atoms with Gasteiger partial charge in [0.1, 0.15) is 0 Å². The third-order valence-electron chi connectivity index (χ3n) is 3.95. The number of hydrogen-bond acceptors (Lipinski definition) is 2. The quantitative estimate of drug-likeness (QED) is 0.883. The zero-order valence-corrected chi connectivity index (χ0v) is 11.2. The number of rotatable bonds is 3. The van der Waals surface area contributed by atoms with Gasteiger partial charge in [-0.15, -0.1) is 11.3 Å². The molecule has 0 bridgehead atoms. The van der Waals surface area contributed by atoms with Crippen molar-refractivity contribution in [3.8, 4) is 0 Å². The van der Waals surface area contributed by atoms with Crippen molar-refractivity contribution < 1.29 is 5.11 Å². The van der Waals surface area contributed by atoms with Crippen LogP contribution in [0.2, 0.25) is 0 Å². The van der Waals surface area contributed by atoms with Crippen molar-refractivity contribution in [1.29, 1.82) is 0 Å². The van der Waals surface area contributed by atoms with E-state index in [1.54, 1.807) is 0 Å². The van der Waals surface area contributed by atoms with Gasteiger partial charge in [0.15, 0.2) is 0 Å². The minimum atomic E-state index is -0.269. The van der Waals surface area contributed by atoms with E-state index >= 15 is 0 Å². The molecule has 1 aliphatic rings. The molecule has 1 aliphatic carbocycles. The predicted molar refractivity (Wildman–Crippen MR) is 75.9 cm³/mol. The molecule has 2 atom stereocenters. The van der Waals surface area contributed by atoms with E-state index in [4.69, 9.17) is 0 Å². The molecule has 1 N–H and O–H groups in total. The van der Waals surface area contributed by atoms with Crippen LogP contribution in [0.15, 0.2) is 41.8 Å². The first-order valence-electron chi connectivity index (χ1n) is 6.63. The summed E-state index contributed by atoms with van der Waals surface area (Å²) in [5, 5.41) is 12.6. The van der Waals surface area contributed by atoms with Crippen molar-refractivity contribution in [3.63, 3.8) is 0 Å². The highest BCUT2D eigenvalue weighted by molar-refractivity contribution is 7.09. The van der Waals surface area contributed by atoms with Crippen molar-refractivity contribution >= 4 is 11.3 Å². The highest BCUT2D eigenvalue weighted by atomic mass is 32.1. The number of aryl methyl sites for hydroxylation is 2. The van der Waals surface area contributed by atoms with Crippen molar-refractivity contribution in [2.45, 2.75) is 31.8 Å². The number of thiophene rings is 1. The molecule has 0 radical (unpaired) electrons. The molecule has 1 nitrogen and oxygen atoms in total. The minimum Gasteiger partial charge on any atom is -0.388 e. The molecule has 1 aromatic carbocycles. The normalized spacial score (nSPS) is 22.7. The first kappa shape index (κ1) is 11.9. The fourth-order valence-corrected chi connectivity index (χ4v) is 3.61. The molecule has 1 aromatic heterocycles. The lowest BCUT2D eigenvalue weighted by Crippen LogP contribution is -2.20. The Labute approximate surface area is 112 Å². The smallest absolute Gasteiger partial charge is 0.0821 e. The molecule has 1 heterocycles. The zero-order chi connectivity index (χ0) is 12.4. The Hall–Kier alpha value is -1.12. The Bertz CT molecular complexity index is 504. The van der Waals surface area contributed by atoms with Crippen molar-refractivity contribution in [2.75, 3.05) is 0 Å². The summed E-state index contributed by atoms with van der Waals surface area (Å²) in [5.74, 6) is 0.419. The van der Waals surface area contributed by atoms with Crippen molar-refractivity contribution in [2.24, 2.45) is 5.92 Å². The van der Waals surface area contributed by atoms with Crippen LogP contribution < -0.4 is 0 Å². The summed E-state index contributed by atoms with van der Waals surface area (Å²) in [7, 11) is 0. The van der Waals surface area contributed by atoms with E-state index in [9.17, 15) is 5.11 Å². The number of aliphatic hydroxyl groups is 1. The van der Waals surface area contributed by atoms with Crippen LogP contribution in [0.5, 0.6) is 0 Å². The summed E-state index contributed by atoms with van der Waals surface area (Å²) in [6.07, 6.45) is 4.15. The van der Waals surface area contributed by atoms with Gasteiger partial charge in [-0.3, -0.25) is 0 Å². The topological polar surface area (TPSA) is 20.2 Å². The van der Waals surface area contributed by atoms with Gasteiger partial charge in [-0.1, -0.05) is 30.3 Å². The van der Waals surface area contributed by atoms with Gasteiger partial charge < -0.3 is 5.11 Å². The van der Waals surface area contributed by atoms with Crippen LogP contribution in [-0.4, -0.2) is 5.11 Å². The van der Waals surface area contributed by atoms with Crippen LogP contribution >= 0.6 is 11.3 Å². The first-order valence-corrected chi connectivity index (χ1v) is 7.51. The van der Waals surface area contributed by atoms with E-state index in [2.05, 4.69) is 35.7 Å². The Balaban J connectivity index is 1.69. The minimum absolute atomic E-state index is 0.269. The van der Waals surface area contributed by atoms with Gasteiger partial charge in [0, 0.05) is 4.88 Å². The maximum atomic E-state index is 10.5. The lowest BCUT2D eigenvalue weighted by molar-refractivity contribution is 0.0888. The Morgan fingerprint density at radius 2 is 2.06 bits per heavy atom. The van der Waals surface area contributed by atoms with Crippen LogP contribution in [0.4, 0.5) is 0 Å². The highest BCUT2D eigenvalue weighted by Gasteiger charge is 2.27. The van der Waals surface area contributed by atoms with Crippen LogP contribution in [-0.2, 0) is 12.8 Å². The summed E-state index contributed by atoms with van der Waals surface area (Å²) in [6, 6.07) is 12.6. The van der Waals surface area contributed by atoms with Gasteiger partial charge in [-0.05, 0) is 54.2 Å². The van der Waals surface area contributed by atoms with E-state index in [0.717, 1.165) is 31.2 Å². The van der Waals surface area contributed by atoms with Crippen LogP contribution in [0.25, 0.3) is 0 Å². The maximum Gasteiger partial charge on any atom is 0.0821 e. The monoisotopic (exact) mass is 258 g/mol. The highest BCUT2D eigenvalue weighted by Crippen LogP contribution is 2.36. The molecule has 2 unspecified atom stereocenters. The molecule has 0 fully saturated rings. The fraction of sp³-hybridized carbons (Fsp3) is 0.375.